The summed E-state index contributed by atoms with van der Waals surface area (Å²) in [6.07, 6.45) is 0. The van der Waals surface area contributed by atoms with Crippen LogP contribution in [0.3, 0.4) is 0 Å². The van der Waals surface area contributed by atoms with Crippen molar-refractivity contribution in [3.05, 3.63) is 23.6 Å². The summed E-state index contributed by atoms with van der Waals surface area (Å²) in [5.41, 5.74) is 6.55. The second-order valence-electron chi connectivity index (χ2n) is 2.48. The van der Waals surface area contributed by atoms with Gasteiger partial charge in [-0.25, -0.2) is 4.79 Å². The van der Waals surface area contributed by atoms with Gasteiger partial charge in [-0.2, -0.15) is 0 Å². The summed E-state index contributed by atoms with van der Waals surface area (Å²) in [4.78, 5) is 11.0. The molecule has 0 aromatic rings. The van der Waals surface area contributed by atoms with Crippen LogP contribution in [0.5, 0.6) is 0 Å². The van der Waals surface area contributed by atoms with Crippen molar-refractivity contribution >= 4 is 5.97 Å². The minimum Gasteiger partial charge on any atom is -0.407 e. The number of ether oxygens (including phenoxy) is 1. The summed E-state index contributed by atoms with van der Waals surface area (Å²) in [7, 11) is 0. The Morgan fingerprint density at radius 3 is 2.09 bits per heavy atom. The zero-order valence-electron chi connectivity index (χ0n) is 7.10. The number of carbonyl (C=O) groups excluding carboxylic acids is 1. The quantitative estimate of drug-likeness (QED) is 0.371. The highest BCUT2D eigenvalue weighted by Crippen LogP contribution is 2.04. The predicted molar refractivity (Wildman–Crippen MR) is 43.5 cm³/mol. The number of nitrogens with two attached hydrogens (primary N) is 1. The van der Waals surface area contributed by atoms with Crippen molar-refractivity contribution < 1.29 is 9.53 Å². The standard InChI is InChI=1S/C8H13NO2/c1-5(2)6(3)8(10)11-7(4)9/h4,9H2,1-3H3. The first kappa shape index (κ1) is 9.75. The predicted octanol–water partition coefficient (Wildman–Crippen LogP) is 1.32. The third-order valence-electron chi connectivity index (χ3n) is 1.28. The fourth-order valence-electron chi connectivity index (χ4n) is 0.400. The first-order valence-electron chi connectivity index (χ1n) is 3.25. The molecule has 0 aliphatic heterocycles. The molecule has 0 saturated carbocycles. The van der Waals surface area contributed by atoms with Crippen LogP contribution in [-0.4, -0.2) is 5.97 Å². The first-order chi connectivity index (χ1) is 4.95. The van der Waals surface area contributed by atoms with E-state index in [4.69, 9.17) is 5.73 Å². The normalized spacial score (nSPS) is 8.64. The van der Waals surface area contributed by atoms with E-state index in [1.54, 1.807) is 6.92 Å². The third kappa shape index (κ3) is 3.45. The second-order valence-corrected chi connectivity index (χ2v) is 2.48. The molecule has 3 heteroatoms. The highest BCUT2D eigenvalue weighted by molar-refractivity contribution is 5.89. The summed E-state index contributed by atoms with van der Waals surface area (Å²) < 4.78 is 4.56. The van der Waals surface area contributed by atoms with E-state index in [1.165, 1.54) is 0 Å². The molecule has 0 saturated heterocycles. The van der Waals surface area contributed by atoms with E-state index < -0.39 is 5.97 Å². The van der Waals surface area contributed by atoms with E-state index in [0.29, 0.717) is 5.57 Å². The Morgan fingerprint density at radius 2 is 1.82 bits per heavy atom. The maximum atomic E-state index is 11.0. The van der Waals surface area contributed by atoms with Crippen molar-refractivity contribution in [2.24, 2.45) is 5.73 Å². The van der Waals surface area contributed by atoms with Gasteiger partial charge in [0.25, 0.3) is 0 Å². The van der Waals surface area contributed by atoms with Gasteiger partial charge in [0, 0.05) is 5.57 Å². The zero-order chi connectivity index (χ0) is 9.02. The van der Waals surface area contributed by atoms with Gasteiger partial charge in [0.15, 0.2) is 5.88 Å². The van der Waals surface area contributed by atoms with E-state index in [0.717, 1.165) is 5.57 Å². The fraction of sp³-hybridized carbons (Fsp3) is 0.375. The molecule has 0 rings (SSSR count). The van der Waals surface area contributed by atoms with E-state index in [1.807, 2.05) is 13.8 Å². The van der Waals surface area contributed by atoms with Crippen LogP contribution in [0.4, 0.5) is 0 Å². The Labute approximate surface area is 66.5 Å². The average Bonchev–Trinajstić information content (AvgIpc) is 1.84. The van der Waals surface area contributed by atoms with Crippen LogP contribution in [0, 0.1) is 0 Å². The van der Waals surface area contributed by atoms with Crippen molar-refractivity contribution in [1.82, 2.24) is 0 Å². The van der Waals surface area contributed by atoms with Gasteiger partial charge in [-0.1, -0.05) is 5.57 Å². The molecule has 0 unspecified atom stereocenters. The Balaban J connectivity index is 4.28. The van der Waals surface area contributed by atoms with Crippen LogP contribution >= 0.6 is 0 Å². The molecule has 3 nitrogen and oxygen atoms in total. The van der Waals surface area contributed by atoms with Gasteiger partial charge in [0.05, 0.1) is 0 Å². The molecule has 0 heterocycles. The molecule has 0 bridgehead atoms. The number of allylic oxidation sites excluding steroid dienone is 1. The van der Waals surface area contributed by atoms with Gasteiger partial charge in [0.2, 0.25) is 0 Å². The first-order valence-corrected chi connectivity index (χ1v) is 3.25. The van der Waals surface area contributed by atoms with Crippen LogP contribution < -0.4 is 5.73 Å². The van der Waals surface area contributed by atoms with Crippen LogP contribution in [0.25, 0.3) is 0 Å². The summed E-state index contributed by atoms with van der Waals surface area (Å²) >= 11 is 0. The van der Waals surface area contributed by atoms with Crippen LogP contribution in [-0.2, 0) is 9.53 Å². The topological polar surface area (TPSA) is 52.3 Å². The molecule has 0 spiro atoms. The molecule has 0 fully saturated rings. The molecule has 0 atom stereocenters. The monoisotopic (exact) mass is 155 g/mol. The minimum absolute atomic E-state index is 0.0735. The lowest BCUT2D eigenvalue weighted by Crippen LogP contribution is -2.10. The third-order valence-corrected chi connectivity index (χ3v) is 1.28. The van der Waals surface area contributed by atoms with Crippen LogP contribution in [0.2, 0.25) is 0 Å². The largest absolute Gasteiger partial charge is 0.407 e. The number of rotatable bonds is 2. The second kappa shape index (κ2) is 3.81. The van der Waals surface area contributed by atoms with Gasteiger partial charge < -0.3 is 10.5 Å². The minimum atomic E-state index is -0.433. The summed E-state index contributed by atoms with van der Waals surface area (Å²) in [5.74, 6) is -0.506. The molecule has 0 aliphatic rings. The fourth-order valence-corrected chi connectivity index (χ4v) is 0.400. The summed E-state index contributed by atoms with van der Waals surface area (Å²) in [5, 5.41) is 0. The number of hydrogen-bond acceptors (Lipinski definition) is 3. The average molecular weight is 155 g/mol. The number of hydrogen-bond donors (Lipinski definition) is 1. The van der Waals surface area contributed by atoms with Gasteiger partial charge in [-0.05, 0) is 27.4 Å². The smallest absolute Gasteiger partial charge is 0.340 e. The lowest BCUT2D eigenvalue weighted by atomic mass is 10.2. The van der Waals surface area contributed by atoms with Crippen molar-refractivity contribution in [2.75, 3.05) is 0 Å². The molecule has 0 amide bonds. The van der Waals surface area contributed by atoms with Crippen molar-refractivity contribution in [3.63, 3.8) is 0 Å². The molecular weight excluding hydrogens is 142 g/mol. The SMILES string of the molecule is C=C(N)OC(=O)C(C)=C(C)C. The van der Waals surface area contributed by atoms with E-state index in [2.05, 4.69) is 11.3 Å². The van der Waals surface area contributed by atoms with Gasteiger partial charge in [-0.15, -0.1) is 0 Å². The zero-order valence-corrected chi connectivity index (χ0v) is 7.10. The summed E-state index contributed by atoms with van der Waals surface area (Å²) in [6, 6.07) is 0. The van der Waals surface area contributed by atoms with Gasteiger partial charge in [0.1, 0.15) is 0 Å². The lowest BCUT2D eigenvalue weighted by Gasteiger charge is -2.03. The molecule has 62 valence electrons. The van der Waals surface area contributed by atoms with Crippen LogP contribution in [0.1, 0.15) is 20.8 Å². The molecule has 0 radical (unpaired) electrons. The molecule has 0 aliphatic carbocycles. The molecule has 0 aromatic carbocycles. The Bertz CT molecular complexity index is 212. The van der Waals surface area contributed by atoms with Gasteiger partial charge in [-0.3, -0.25) is 0 Å². The highest BCUT2D eigenvalue weighted by atomic mass is 16.5. The maximum Gasteiger partial charge on any atom is 0.340 e. The Hall–Kier alpha value is -1.25. The maximum absolute atomic E-state index is 11.0. The lowest BCUT2D eigenvalue weighted by molar-refractivity contribution is -0.135. The number of carbonyl (C=O) groups is 1. The molecule has 0 aromatic heterocycles. The van der Waals surface area contributed by atoms with Crippen LogP contribution in [0.15, 0.2) is 23.6 Å². The Morgan fingerprint density at radius 1 is 1.36 bits per heavy atom. The number of esters is 1. The van der Waals surface area contributed by atoms with E-state index in [9.17, 15) is 4.79 Å². The van der Waals surface area contributed by atoms with Crippen molar-refractivity contribution in [2.45, 2.75) is 20.8 Å². The van der Waals surface area contributed by atoms with Crippen molar-refractivity contribution in [1.29, 1.82) is 0 Å². The summed E-state index contributed by atoms with van der Waals surface area (Å²) in [6.45, 7) is 8.59. The molecule has 11 heavy (non-hydrogen) atoms. The molecule has 2 N–H and O–H groups in total. The van der Waals surface area contributed by atoms with Gasteiger partial charge >= 0.3 is 5.97 Å². The highest BCUT2D eigenvalue weighted by Gasteiger charge is 2.06. The Kier molecular flexibility index (Phi) is 3.37. The molecular formula is C8H13NO2. The van der Waals surface area contributed by atoms with Crippen molar-refractivity contribution in [3.8, 4) is 0 Å². The van der Waals surface area contributed by atoms with E-state index >= 15 is 0 Å². The van der Waals surface area contributed by atoms with E-state index in [-0.39, 0.29) is 5.88 Å².